The molecule has 0 saturated carbocycles. The molecule has 0 aromatic carbocycles. The van der Waals surface area contributed by atoms with Gasteiger partial charge in [-0.05, 0) is 33.9 Å². The van der Waals surface area contributed by atoms with Crippen LogP contribution in [0.2, 0.25) is 0 Å². The Labute approximate surface area is 117 Å². The van der Waals surface area contributed by atoms with Gasteiger partial charge in [-0.15, -0.1) is 0 Å². The molecule has 1 N–H and O–H groups in total. The summed E-state index contributed by atoms with van der Waals surface area (Å²) in [6.45, 7) is 10.8. The average Bonchev–Trinajstić information content (AvgIpc) is 2.39. The lowest BCUT2D eigenvalue weighted by atomic mass is 10.00. The van der Waals surface area contributed by atoms with Crippen LogP contribution < -0.4 is 5.32 Å². The van der Waals surface area contributed by atoms with Crippen LogP contribution in [0.5, 0.6) is 0 Å². The van der Waals surface area contributed by atoms with Gasteiger partial charge in [0.15, 0.2) is 0 Å². The lowest BCUT2D eigenvalue weighted by molar-refractivity contribution is -0.149. The highest BCUT2D eigenvalue weighted by molar-refractivity contribution is 5.80. The number of esters is 1. The molecule has 112 valence electrons. The van der Waals surface area contributed by atoms with Crippen LogP contribution in [0.15, 0.2) is 0 Å². The number of carbonyl (C=O) groups excluding carboxylic acids is 1. The summed E-state index contributed by atoms with van der Waals surface area (Å²) < 4.78 is 4.96. The molecule has 0 radical (unpaired) electrons. The predicted octanol–water partition coefficient (Wildman–Crippen LogP) is 0.554. The smallest absolute Gasteiger partial charge is 0.327 e. The van der Waals surface area contributed by atoms with Crippen molar-refractivity contribution in [3.05, 3.63) is 0 Å². The van der Waals surface area contributed by atoms with E-state index in [0.717, 1.165) is 32.6 Å². The number of carbonyl (C=O) groups is 1. The Bertz CT molecular complexity index is 298. The summed E-state index contributed by atoms with van der Waals surface area (Å²) in [7, 11) is 3.61. The molecule has 0 spiro atoms. The maximum atomic E-state index is 12.0. The van der Waals surface area contributed by atoms with Crippen molar-refractivity contribution < 1.29 is 9.53 Å². The van der Waals surface area contributed by atoms with Crippen LogP contribution in [-0.2, 0) is 9.53 Å². The number of methoxy groups -OCH3 is 1. The molecule has 19 heavy (non-hydrogen) atoms. The van der Waals surface area contributed by atoms with Crippen molar-refractivity contribution >= 4 is 5.97 Å². The molecule has 2 atom stereocenters. The third kappa shape index (κ3) is 4.44. The first-order chi connectivity index (χ1) is 8.92. The molecule has 1 aliphatic heterocycles. The maximum Gasteiger partial charge on any atom is 0.327 e. The lowest BCUT2D eigenvalue weighted by Crippen LogP contribution is -2.61. The largest absolute Gasteiger partial charge is 0.468 e. The third-order valence-corrected chi connectivity index (χ3v) is 3.98. The van der Waals surface area contributed by atoms with Crippen LogP contribution in [-0.4, -0.2) is 74.2 Å². The first kappa shape index (κ1) is 16.4. The second-order valence-electron chi connectivity index (χ2n) is 5.82. The van der Waals surface area contributed by atoms with Crippen LogP contribution >= 0.6 is 0 Å². The van der Waals surface area contributed by atoms with E-state index in [1.54, 1.807) is 0 Å². The lowest BCUT2D eigenvalue weighted by Gasteiger charge is -2.41. The van der Waals surface area contributed by atoms with Crippen molar-refractivity contribution in [3.63, 3.8) is 0 Å². The summed E-state index contributed by atoms with van der Waals surface area (Å²) in [5, 5.41) is 3.34. The standard InChI is InChI=1S/C14H29N3O2/c1-6-7-15-14(3,13(18)19-5)11-17-9-8-16(4)12(2)10-17/h12,15H,6-11H2,1-5H3. The molecule has 1 rings (SSSR count). The van der Waals surface area contributed by atoms with Gasteiger partial charge in [-0.2, -0.15) is 0 Å². The summed E-state index contributed by atoms with van der Waals surface area (Å²) in [5.74, 6) is -0.174. The monoisotopic (exact) mass is 271 g/mol. The zero-order chi connectivity index (χ0) is 14.5. The van der Waals surface area contributed by atoms with E-state index in [1.807, 2.05) is 6.92 Å². The Morgan fingerprint density at radius 2 is 2.16 bits per heavy atom. The van der Waals surface area contributed by atoms with Gasteiger partial charge in [0, 0.05) is 32.2 Å². The highest BCUT2D eigenvalue weighted by atomic mass is 16.5. The Morgan fingerprint density at radius 3 is 2.68 bits per heavy atom. The minimum atomic E-state index is -0.611. The Kier molecular flexibility index (Phi) is 6.23. The van der Waals surface area contributed by atoms with E-state index < -0.39 is 5.54 Å². The van der Waals surface area contributed by atoms with Gasteiger partial charge in [-0.3, -0.25) is 9.69 Å². The number of hydrogen-bond acceptors (Lipinski definition) is 5. The van der Waals surface area contributed by atoms with Gasteiger partial charge in [0.2, 0.25) is 0 Å². The molecule has 0 amide bonds. The summed E-state index contributed by atoms with van der Waals surface area (Å²) >= 11 is 0. The second kappa shape index (κ2) is 7.22. The van der Waals surface area contributed by atoms with Crippen molar-refractivity contribution in [2.24, 2.45) is 0 Å². The van der Waals surface area contributed by atoms with Gasteiger partial charge in [0.25, 0.3) is 0 Å². The van der Waals surface area contributed by atoms with Gasteiger partial charge in [0.1, 0.15) is 5.54 Å². The van der Waals surface area contributed by atoms with E-state index in [2.05, 4.69) is 36.0 Å². The fourth-order valence-electron chi connectivity index (χ4n) is 2.53. The van der Waals surface area contributed by atoms with Crippen molar-refractivity contribution in [1.29, 1.82) is 0 Å². The average molecular weight is 271 g/mol. The molecular weight excluding hydrogens is 242 g/mol. The quantitative estimate of drug-likeness (QED) is 0.715. The minimum Gasteiger partial charge on any atom is -0.468 e. The van der Waals surface area contributed by atoms with Gasteiger partial charge in [-0.25, -0.2) is 0 Å². The maximum absolute atomic E-state index is 12.0. The highest BCUT2D eigenvalue weighted by Gasteiger charge is 2.37. The molecule has 5 nitrogen and oxygen atoms in total. The van der Waals surface area contributed by atoms with Gasteiger partial charge in [0.05, 0.1) is 7.11 Å². The van der Waals surface area contributed by atoms with Crippen LogP contribution in [0, 0.1) is 0 Å². The predicted molar refractivity (Wildman–Crippen MR) is 77.2 cm³/mol. The Morgan fingerprint density at radius 1 is 1.47 bits per heavy atom. The van der Waals surface area contributed by atoms with Crippen LogP contribution in [0.4, 0.5) is 0 Å². The van der Waals surface area contributed by atoms with Gasteiger partial charge < -0.3 is 15.0 Å². The SMILES string of the molecule is CCCNC(C)(CN1CCN(C)C(C)C1)C(=O)OC. The fourth-order valence-corrected chi connectivity index (χ4v) is 2.53. The topological polar surface area (TPSA) is 44.8 Å². The van der Waals surface area contributed by atoms with Crippen molar-refractivity contribution in [2.75, 3.05) is 46.9 Å². The van der Waals surface area contributed by atoms with E-state index >= 15 is 0 Å². The molecule has 1 heterocycles. The van der Waals surface area contributed by atoms with Crippen molar-refractivity contribution in [2.45, 2.75) is 38.8 Å². The van der Waals surface area contributed by atoms with E-state index in [1.165, 1.54) is 7.11 Å². The molecule has 0 bridgehead atoms. The number of nitrogens with zero attached hydrogens (tertiary/aromatic N) is 2. The number of ether oxygens (including phenoxy) is 1. The number of rotatable bonds is 6. The first-order valence-electron chi connectivity index (χ1n) is 7.19. The van der Waals surface area contributed by atoms with E-state index in [-0.39, 0.29) is 5.97 Å². The molecule has 5 heteroatoms. The molecular formula is C14H29N3O2. The number of piperazine rings is 1. The van der Waals surface area contributed by atoms with Crippen LogP contribution in [0.25, 0.3) is 0 Å². The molecule has 0 aromatic heterocycles. The van der Waals surface area contributed by atoms with Gasteiger partial charge in [-0.1, -0.05) is 6.92 Å². The van der Waals surface area contributed by atoms with E-state index in [4.69, 9.17) is 4.74 Å². The van der Waals surface area contributed by atoms with Crippen LogP contribution in [0.3, 0.4) is 0 Å². The molecule has 1 fully saturated rings. The molecule has 0 aliphatic carbocycles. The Balaban J connectivity index is 2.64. The molecule has 1 saturated heterocycles. The van der Waals surface area contributed by atoms with Gasteiger partial charge >= 0.3 is 5.97 Å². The van der Waals surface area contributed by atoms with Crippen molar-refractivity contribution in [3.8, 4) is 0 Å². The third-order valence-electron chi connectivity index (χ3n) is 3.98. The van der Waals surface area contributed by atoms with Crippen LogP contribution in [0.1, 0.15) is 27.2 Å². The fraction of sp³-hybridized carbons (Fsp3) is 0.929. The summed E-state index contributed by atoms with van der Waals surface area (Å²) in [5.41, 5.74) is -0.611. The Hall–Kier alpha value is -0.650. The first-order valence-corrected chi connectivity index (χ1v) is 7.19. The molecule has 0 aromatic rings. The summed E-state index contributed by atoms with van der Waals surface area (Å²) in [6.07, 6.45) is 1.01. The number of likely N-dealkylation sites (N-methyl/N-ethyl adjacent to an activating group) is 1. The molecule has 2 unspecified atom stereocenters. The number of nitrogens with one attached hydrogen (secondary N) is 1. The molecule has 1 aliphatic rings. The highest BCUT2D eigenvalue weighted by Crippen LogP contribution is 2.14. The summed E-state index contributed by atoms with van der Waals surface area (Å²) in [6, 6.07) is 0.529. The zero-order valence-corrected chi connectivity index (χ0v) is 13.0. The van der Waals surface area contributed by atoms with E-state index in [0.29, 0.717) is 12.6 Å². The number of hydrogen-bond donors (Lipinski definition) is 1. The zero-order valence-electron chi connectivity index (χ0n) is 13.0. The van der Waals surface area contributed by atoms with E-state index in [9.17, 15) is 4.79 Å². The van der Waals surface area contributed by atoms with Crippen molar-refractivity contribution in [1.82, 2.24) is 15.1 Å². The second-order valence-corrected chi connectivity index (χ2v) is 5.82. The minimum absolute atomic E-state index is 0.174. The summed E-state index contributed by atoms with van der Waals surface area (Å²) in [4.78, 5) is 16.7. The normalized spacial score (nSPS) is 25.0.